The number of halogens is 1. The van der Waals surface area contributed by atoms with Gasteiger partial charge in [0.05, 0.1) is 10.5 Å². The molecule has 0 radical (unpaired) electrons. The highest BCUT2D eigenvalue weighted by Crippen LogP contribution is 2.28. The normalized spacial score (nSPS) is 10.9. The zero-order valence-electron chi connectivity index (χ0n) is 15.0. The van der Waals surface area contributed by atoms with Crippen molar-refractivity contribution in [3.05, 3.63) is 78.1 Å². The summed E-state index contributed by atoms with van der Waals surface area (Å²) in [5, 5.41) is 12.0. The highest BCUT2D eigenvalue weighted by Gasteiger charge is 2.14. The number of aromatic nitrogens is 6. The first-order valence-corrected chi connectivity index (χ1v) is 9.27. The molecule has 5 aromatic rings. The number of pyridine rings is 1. The van der Waals surface area contributed by atoms with Crippen molar-refractivity contribution in [2.45, 2.75) is 0 Å². The van der Waals surface area contributed by atoms with Crippen molar-refractivity contribution in [3.63, 3.8) is 0 Å². The molecule has 7 nitrogen and oxygen atoms in total. The van der Waals surface area contributed by atoms with Crippen LogP contribution in [0.25, 0.3) is 33.7 Å². The maximum Gasteiger partial charge on any atom is 0.232 e. The first-order chi connectivity index (χ1) is 14.3. The second kappa shape index (κ2) is 7.29. The van der Waals surface area contributed by atoms with Crippen molar-refractivity contribution in [3.8, 4) is 22.8 Å². The number of fused-ring (bicyclic) bond motifs is 1. The smallest absolute Gasteiger partial charge is 0.232 e. The second-order valence-corrected chi connectivity index (χ2v) is 6.68. The van der Waals surface area contributed by atoms with E-state index in [1.165, 1.54) is 0 Å². The van der Waals surface area contributed by atoms with Crippen LogP contribution < -0.4 is 5.32 Å². The highest BCUT2D eigenvalue weighted by molar-refractivity contribution is 6.33. The fourth-order valence-corrected chi connectivity index (χ4v) is 3.20. The van der Waals surface area contributed by atoms with E-state index in [0.717, 1.165) is 22.0 Å². The number of anilines is 2. The van der Waals surface area contributed by atoms with Crippen LogP contribution in [0.4, 0.5) is 11.8 Å². The lowest BCUT2D eigenvalue weighted by Gasteiger charge is -2.09. The van der Waals surface area contributed by atoms with E-state index in [1.807, 2.05) is 54.6 Å². The monoisotopic (exact) mass is 399 g/mol. The summed E-state index contributed by atoms with van der Waals surface area (Å²) in [6.45, 7) is 0. The fraction of sp³-hybridized carbons (Fsp3) is 0. The Bertz CT molecular complexity index is 1300. The molecule has 140 valence electrons. The van der Waals surface area contributed by atoms with Crippen molar-refractivity contribution >= 4 is 34.3 Å². The number of rotatable bonds is 4. The zero-order valence-corrected chi connectivity index (χ0v) is 15.8. The topological polar surface area (TPSA) is 92.3 Å². The van der Waals surface area contributed by atoms with Gasteiger partial charge >= 0.3 is 0 Å². The van der Waals surface area contributed by atoms with Gasteiger partial charge in [0.1, 0.15) is 0 Å². The van der Waals surface area contributed by atoms with Gasteiger partial charge in [-0.2, -0.15) is 15.1 Å². The van der Waals surface area contributed by atoms with E-state index in [0.29, 0.717) is 28.4 Å². The van der Waals surface area contributed by atoms with Gasteiger partial charge in [-0.15, -0.1) is 0 Å². The average molecular weight is 400 g/mol. The molecule has 0 aliphatic rings. The molecule has 0 bridgehead atoms. The minimum atomic E-state index is 0.367. The van der Waals surface area contributed by atoms with E-state index in [-0.39, 0.29) is 0 Å². The van der Waals surface area contributed by atoms with Crippen LogP contribution in [0.15, 0.2) is 73.1 Å². The molecule has 0 fully saturated rings. The quantitative estimate of drug-likeness (QED) is 0.447. The Balaban J connectivity index is 1.64. The van der Waals surface area contributed by atoms with Crippen LogP contribution in [-0.2, 0) is 0 Å². The standard InChI is InChI=1S/C21H14ClN7/c22-16-9-3-1-7-14(16)19-24-18(13-6-5-11-23-12-13)25-21(26-19)27-20-15-8-2-4-10-17(15)28-29-20/h1-12H,(H2,24,25,26,27,28,29). The van der Waals surface area contributed by atoms with Gasteiger partial charge in [-0.3, -0.25) is 10.1 Å². The van der Waals surface area contributed by atoms with Crippen LogP contribution >= 0.6 is 11.6 Å². The van der Waals surface area contributed by atoms with E-state index in [2.05, 4.69) is 35.5 Å². The first-order valence-electron chi connectivity index (χ1n) is 8.89. The first kappa shape index (κ1) is 17.3. The zero-order chi connectivity index (χ0) is 19.6. The third-order valence-corrected chi connectivity index (χ3v) is 4.70. The minimum absolute atomic E-state index is 0.367. The summed E-state index contributed by atoms with van der Waals surface area (Å²) in [4.78, 5) is 17.9. The highest BCUT2D eigenvalue weighted by atomic mass is 35.5. The van der Waals surface area contributed by atoms with Crippen molar-refractivity contribution in [2.75, 3.05) is 5.32 Å². The second-order valence-electron chi connectivity index (χ2n) is 6.27. The number of nitrogens with one attached hydrogen (secondary N) is 2. The molecular formula is C21H14ClN7. The summed E-state index contributed by atoms with van der Waals surface area (Å²) in [6, 6.07) is 19.0. The number of hydrogen-bond donors (Lipinski definition) is 2. The van der Waals surface area contributed by atoms with E-state index in [9.17, 15) is 0 Å². The average Bonchev–Trinajstić information content (AvgIpc) is 3.17. The summed E-state index contributed by atoms with van der Waals surface area (Å²) in [7, 11) is 0. The van der Waals surface area contributed by atoms with E-state index < -0.39 is 0 Å². The molecule has 2 aromatic carbocycles. The number of hydrogen-bond acceptors (Lipinski definition) is 6. The van der Waals surface area contributed by atoms with Crippen LogP contribution in [0.5, 0.6) is 0 Å². The van der Waals surface area contributed by atoms with Gasteiger partial charge < -0.3 is 5.32 Å². The fourth-order valence-electron chi connectivity index (χ4n) is 2.98. The maximum atomic E-state index is 6.38. The Morgan fingerprint density at radius 2 is 1.66 bits per heavy atom. The largest absolute Gasteiger partial charge is 0.307 e. The van der Waals surface area contributed by atoms with Crippen molar-refractivity contribution < 1.29 is 0 Å². The van der Waals surface area contributed by atoms with E-state index >= 15 is 0 Å². The molecule has 0 spiro atoms. The van der Waals surface area contributed by atoms with Crippen molar-refractivity contribution in [1.82, 2.24) is 30.1 Å². The van der Waals surface area contributed by atoms with E-state index in [4.69, 9.17) is 11.6 Å². The van der Waals surface area contributed by atoms with Crippen molar-refractivity contribution in [1.29, 1.82) is 0 Å². The Hall–Kier alpha value is -3.84. The van der Waals surface area contributed by atoms with Gasteiger partial charge in [-0.1, -0.05) is 35.9 Å². The molecule has 0 saturated carbocycles. The lowest BCUT2D eigenvalue weighted by atomic mass is 10.2. The molecule has 8 heteroatoms. The number of H-pyrrole nitrogens is 1. The van der Waals surface area contributed by atoms with Gasteiger partial charge in [0.15, 0.2) is 17.5 Å². The molecule has 0 atom stereocenters. The van der Waals surface area contributed by atoms with Crippen molar-refractivity contribution in [2.24, 2.45) is 0 Å². The van der Waals surface area contributed by atoms with Gasteiger partial charge in [0.25, 0.3) is 0 Å². The van der Waals surface area contributed by atoms with Crippen LogP contribution in [0.3, 0.4) is 0 Å². The van der Waals surface area contributed by atoms with Gasteiger partial charge in [0.2, 0.25) is 5.95 Å². The van der Waals surface area contributed by atoms with E-state index in [1.54, 1.807) is 18.5 Å². The summed E-state index contributed by atoms with van der Waals surface area (Å²) in [5.74, 6) is 1.96. The lowest BCUT2D eigenvalue weighted by molar-refractivity contribution is 1.05. The number of aromatic amines is 1. The molecule has 29 heavy (non-hydrogen) atoms. The van der Waals surface area contributed by atoms with Crippen LogP contribution in [0.1, 0.15) is 0 Å². The van der Waals surface area contributed by atoms with Gasteiger partial charge in [-0.05, 0) is 36.4 Å². The van der Waals surface area contributed by atoms with Crippen LogP contribution in [0.2, 0.25) is 5.02 Å². The Morgan fingerprint density at radius 3 is 2.52 bits per heavy atom. The number of para-hydroxylation sites is 1. The molecule has 3 heterocycles. The Labute approximate surface area is 170 Å². The molecule has 3 aromatic heterocycles. The third-order valence-electron chi connectivity index (χ3n) is 4.37. The SMILES string of the molecule is Clc1ccccc1-c1nc(Nc2n[nH]c3ccccc23)nc(-c2cccnc2)n1. The summed E-state index contributed by atoms with van der Waals surface area (Å²) in [6.07, 6.45) is 3.41. The Morgan fingerprint density at radius 1 is 0.828 bits per heavy atom. The molecule has 2 N–H and O–H groups in total. The predicted molar refractivity (Wildman–Crippen MR) is 113 cm³/mol. The molecule has 0 aliphatic carbocycles. The number of benzene rings is 2. The minimum Gasteiger partial charge on any atom is -0.307 e. The third kappa shape index (κ3) is 3.39. The lowest BCUT2D eigenvalue weighted by Crippen LogP contribution is -2.04. The summed E-state index contributed by atoms with van der Waals surface area (Å²) in [5.41, 5.74) is 2.41. The molecular weight excluding hydrogens is 386 g/mol. The van der Waals surface area contributed by atoms with Gasteiger partial charge in [-0.25, -0.2) is 4.98 Å². The molecule has 0 saturated heterocycles. The summed E-state index contributed by atoms with van der Waals surface area (Å²) >= 11 is 6.38. The molecule has 0 amide bonds. The summed E-state index contributed by atoms with van der Waals surface area (Å²) < 4.78 is 0. The number of nitrogens with zero attached hydrogens (tertiary/aromatic N) is 5. The molecule has 0 aliphatic heterocycles. The van der Waals surface area contributed by atoms with Crippen LogP contribution in [-0.4, -0.2) is 30.1 Å². The van der Waals surface area contributed by atoms with Crippen LogP contribution in [0, 0.1) is 0 Å². The maximum absolute atomic E-state index is 6.38. The molecule has 5 rings (SSSR count). The van der Waals surface area contributed by atoms with Gasteiger partial charge in [0, 0.05) is 28.9 Å². The predicted octanol–water partition coefficient (Wildman–Crippen LogP) is 4.87. The molecule has 0 unspecified atom stereocenters. The Kier molecular flexibility index (Phi) is 4.34.